The van der Waals surface area contributed by atoms with Crippen LogP contribution in [0.4, 0.5) is 0 Å². The van der Waals surface area contributed by atoms with Gasteiger partial charge in [-0.25, -0.2) is 0 Å². The van der Waals surface area contributed by atoms with E-state index in [4.69, 9.17) is 14.2 Å². The summed E-state index contributed by atoms with van der Waals surface area (Å²) in [6.07, 6.45) is 85.1. The number of rotatable bonds is 56. The van der Waals surface area contributed by atoms with Crippen LogP contribution in [0.1, 0.15) is 290 Å². The second-order valence-electron chi connectivity index (χ2n) is 20.6. The maximum Gasteiger partial charge on any atom is 0.306 e. The van der Waals surface area contributed by atoms with Gasteiger partial charge in [0.15, 0.2) is 6.10 Å². The van der Waals surface area contributed by atoms with E-state index in [1.807, 2.05) is 0 Å². The van der Waals surface area contributed by atoms with E-state index in [0.29, 0.717) is 19.3 Å². The van der Waals surface area contributed by atoms with Crippen molar-refractivity contribution in [2.45, 2.75) is 297 Å². The van der Waals surface area contributed by atoms with E-state index in [9.17, 15) is 14.4 Å². The molecule has 0 N–H and O–H groups in total. The Kier molecular flexibility index (Phi) is 59.3. The molecule has 0 rings (SSSR count). The zero-order valence-corrected chi connectivity index (χ0v) is 49.0. The third-order valence-electron chi connectivity index (χ3n) is 13.2. The fourth-order valence-corrected chi connectivity index (χ4v) is 8.53. The van der Waals surface area contributed by atoms with Crippen LogP contribution in [0.15, 0.2) is 109 Å². The molecule has 6 heteroatoms. The lowest BCUT2D eigenvalue weighted by Gasteiger charge is -2.18. The standard InChI is InChI=1S/C69H116O6/c1-4-7-10-13-16-19-22-25-28-31-33-34-36-39-42-45-48-51-54-57-60-63-69(72)75-66(64-73-67(70)61-58-55-52-49-46-43-40-37-30-27-24-21-18-15-12-9-6-3)65-74-68(71)62-59-56-53-50-47-44-41-38-35-32-29-26-23-20-17-14-11-8-5-2/h9,12,17-18,20-21,25-30,35,38,40,43-44,47,66H,4-8,10-11,13-16,19,22-24,31-34,36-37,39,41-42,45-46,48-65H2,1-3H3/b12-9-,20-17-,21-18-,28-25-,29-26-,30-27-,38-35-,43-40-,47-44-/t66-/m1/s1. The first-order chi connectivity index (χ1) is 37.0. The van der Waals surface area contributed by atoms with Gasteiger partial charge in [0.1, 0.15) is 13.2 Å². The maximum absolute atomic E-state index is 12.9. The van der Waals surface area contributed by atoms with E-state index in [2.05, 4.69) is 130 Å². The largest absolute Gasteiger partial charge is 0.462 e. The maximum atomic E-state index is 12.9. The molecule has 0 aromatic rings. The minimum absolute atomic E-state index is 0.102. The molecule has 1 atom stereocenters. The Hall–Kier alpha value is -3.93. The van der Waals surface area contributed by atoms with Crippen molar-refractivity contribution >= 4 is 17.9 Å². The van der Waals surface area contributed by atoms with Gasteiger partial charge in [0, 0.05) is 19.3 Å². The zero-order chi connectivity index (χ0) is 54.3. The smallest absolute Gasteiger partial charge is 0.306 e. The molecule has 0 amide bonds. The monoisotopic (exact) mass is 1040 g/mol. The van der Waals surface area contributed by atoms with E-state index in [0.717, 1.165) is 122 Å². The predicted octanol–water partition coefficient (Wildman–Crippen LogP) is 21.4. The summed E-state index contributed by atoms with van der Waals surface area (Å²) in [6.45, 7) is 6.46. The summed E-state index contributed by atoms with van der Waals surface area (Å²) < 4.78 is 16.9. The molecule has 0 saturated carbocycles. The van der Waals surface area contributed by atoms with Crippen molar-refractivity contribution < 1.29 is 28.6 Å². The first kappa shape index (κ1) is 71.1. The van der Waals surface area contributed by atoms with Crippen LogP contribution in [0, 0.1) is 0 Å². The average Bonchev–Trinajstić information content (AvgIpc) is 3.41. The second-order valence-corrected chi connectivity index (χ2v) is 20.6. The van der Waals surface area contributed by atoms with Crippen molar-refractivity contribution in [1.29, 1.82) is 0 Å². The zero-order valence-electron chi connectivity index (χ0n) is 49.0. The number of carbonyl (C=O) groups excluding carboxylic acids is 3. The lowest BCUT2D eigenvalue weighted by atomic mass is 10.0. The van der Waals surface area contributed by atoms with Crippen LogP contribution in [-0.2, 0) is 28.6 Å². The molecule has 0 saturated heterocycles. The summed E-state index contributed by atoms with van der Waals surface area (Å²) in [5.74, 6) is -0.949. The Morgan fingerprint density at radius 1 is 0.280 bits per heavy atom. The number of ether oxygens (including phenoxy) is 3. The van der Waals surface area contributed by atoms with Crippen molar-refractivity contribution in [3.63, 3.8) is 0 Å². The lowest BCUT2D eigenvalue weighted by Crippen LogP contribution is -2.30. The van der Waals surface area contributed by atoms with Gasteiger partial charge in [-0.2, -0.15) is 0 Å². The van der Waals surface area contributed by atoms with Gasteiger partial charge in [0.25, 0.3) is 0 Å². The molecule has 428 valence electrons. The molecule has 0 fully saturated rings. The molecule has 0 heterocycles. The van der Waals surface area contributed by atoms with Crippen molar-refractivity contribution in [2.24, 2.45) is 0 Å². The third kappa shape index (κ3) is 60.8. The van der Waals surface area contributed by atoms with Crippen molar-refractivity contribution in [2.75, 3.05) is 13.2 Å². The van der Waals surface area contributed by atoms with Gasteiger partial charge in [-0.05, 0) is 128 Å². The second kappa shape index (κ2) is 62.6. The highest BCUT2D eigenvalue weighted by Gasteiger charge is 2.19. The summed E-state index contributed by atoms with van der Waals surface area (Å²) in [6, 6.07) is 0. The molecular weight excluding hydrogens is 925 g/mol. The van der Waals surface area contributed by atoms with E-state index < -0.39 is 6.10 Å². The van der Waals surface area contributed by atoms with Gasteiger partial charge in [0.05, 0.1) is 0 Å². The summed E-state index contributed by atoms with van der Waals surface area (Å²) in [5.41, 5.74) is 0. The number of esters is 3. The Bertz CT molecular complexity index is 1520. The van der Waals surface area contributed by atoms with Crippen molar-refractivity contribution in [3.8, 4) is 0 Å². The van der Waals surface area contributed by atoms with Gasteiger partial charge in [-0.3, -0.25) is 14.4 Å². The molecule has 0 aliphatic heterocycles. The highest BCUT2D eigenvalue weighted by molar-refractivity contribution is 5.71. The van der Waals surface area contributed by atoms with Gasteiger partial charge in [0.2, 0.25) is 0 Å². The quantitative estimate of drug-likeness (QED) is 0.0261. The van der Waals surface area contributed by atoms with E-state index in [-0.39, 0.29) is 31.1 Å². The summed E-state index contributed by atoms with van der Waals surface area (Å²) in [4.78, 5) is 38.3. The average molecular weight is 1040 g/mol. The first-order valence-electron chi connectivity index (χ1n) is 31.4. The molecule has 0 radical (unpaired) electrons. The third-order valence-corrected chi connectivity index (χ3v) is 13.2. The number of hydrogen-bond acceptors (Lipinski definition) is 6. The molecule has 0 unspecified atom stereocenters. The Morgan fingerprint density at radius 2 is 0.520 bits per heavy atom. The topological polar surface area (TPSA) is 78.9 Å². The number of hydrogen-bond donors (Lipinski definition) is 0. The van der Waals surface area contributed by atoms with Gasteiger partial charge in [-0.15, -0.1) is 0 Å². The Labute approximate surface area is 463 Å². The highest BCUT2D eigenvalue weighted by atomic mass is 16.6. The van der Waals surface area contributed by atoms with Crippen LogP contribution in [-0.4, -0.2) is 37.2 Å². The van der Waals surface area contributed by atoms with Crippen molar-refractivity contribution in [1.82, 2.24) is 0 Å². The number of allylic oxidation sites excluding steroid dienone is 18. The fourth-order valence-electron chi connectivity index (χ4n) is 8.53. The summed E-state index contributed by atoms with van der Waals surface area (Å²) >= 11 is 0. The normalized spacial score (nSPS) is 12.8. The molecule has 0 spiro atoms. The predicted molar refractivity (Wildman–Crippen MR) is 325 cm³/mol. The molecule has 0 bridgehead atoms. The van der Waals surface area contributed by atoms with Crippen LogP contribution in [0.25, 0.3) is 0 Å². The minimum atomic E-state index is -0.805. The van der Waals surface area contributed by atoms with Crippen LogP contribution >= 0.6 is 0 Å². The van der Waals surface area contributed by atoms with Crippen LogP contribution < -0.4 is 0 Å². The molecule has 0 aliphatic rings. The molecule has 0 aromatic heterocycles. The van der Waals surface area contributed by atoms with E-state index >= 15 is 0 Å². The van der Waals surface area contributed by atoms with Gasteiger partial charge in [-0.1, -0.05) is 252 Å². The number of unbranched alkanes of at least 4 members (excludes halogenated alkanes) is 27. The molecule has 0 aromatic carbocycles. The van der Waals surface area contributed by atoms with E-state index in [1.165, 1.54) is 128 Å². The van der Waals surface area contributed by atoms with Crippen LogP contribution in [0.2, 0.25) is 0 Å². The lowest BCUT2D eigenvalue weighted by molar-refractivity contribution is -0.167. The van der Waals surface area contributed by atoms with Crippen LogP contribution in [0.5, 0.6) is 0 Å². The molecule has 75 heavy (non-hydrogen) atoms. The minimum Gasteiger partial charge on any atom is -0.462 e. The van der Waals surface area contributed by atoms with Gasteiger partial charge < -0.3 is 14.2 Å². The van der Waals surface area contributed by atoms with Gasteiger partial charge >= 0.3 is 17.9 Å². The van der Waals surface area contributed by atoms with Crippen LogP contribution in [0.3, 0.4) is 0 Å². The summed E-state index contributed by atoms with van der Waals surface area (Å²) in [7, 11) is 0. The van der Waals surface area contributed by atoms with Crippen molar-refractivity contribution in [3.05, 3.63) is 109 Å². The first-order valence-corrected chi connectivity index (χ1v) is 31.4. The fraction of sp³-hybridized carbons (Fsp3) is 0.696. The Morgan fingerprint density at radius 3 is 0.867 bits per heavy atom. The summed E-state index contributed by atoms with van der Waals surface area (Å²) in [5, 5.41) is 0. The number of carbonyl (C=O) groups is 3. The molecule has 6 nitrogen and oxygen atoms in total. The molecule has 0 aliphatic carbocycles. The highest BCUT2D eigenvalue weighted by Crippen LogP contribution is 2.15. The molecular formula is C69H116O6. The Balaban J connectivity index is 4.47. The SMILES string of the molecule is CC/C=C\C/C=C\C/C=C\C/C=C\CCCCCCC(=O)OC[C@H](COC(=O)CCCCC/C=C\C/C=C\C/C=C\C/C=C\CCCCC)OC(=O)CCCCCCCCCCCCC/C=C\CCCCCCCC. The van der Waals surface area contributed by atoms with E-state index in [1.54, 1.807) is 0 Å².